The summed E-state index contributed by atoms with van der Waals surface area (Å²) in [5.41, 5.74) is 0.498. The number of esters is 1. The Hall–Kier alpha value is -2.21. The van der Waals surface area contributed by atoms with Crippen LogP contribution in [-0.2, 0) is 4.74 Å². The van der Waals surface area contributed by atoms with Gasteiger partial charge in [0.05, 0.1) is 18.2 Å². The average molecular weight is 276 g/mol. The average Bonchev–Trinajstić information content (AvgIpc) is 2.83. The van der Waals surface area contributed by atoms with E-state index < -0.39 is 5.97 Å². The highest BCUT2D eigenvalue weighted by Gasteiger charge is 2.17. The van der Waals surface area contributed by atoms with Crippen LogP contribution < -0.4 is 5.32 Å². The maximum Gasteiger partial charge on any atom is 0.338 e. The van der Waals surface area contributed by atoms with Crippen molar-refractivity contribution in [1.29, 1.82) is 0 Å². The number of methoxy groups -OCH3 is 1. The van der Waals surface area contributed by atoms with Gasteiger partial charge in [-0.1, -0.05) is 12.1 Å². The normalized spacial score (nSPS) is 10.0. The highest BCUT2D eigenvalue weighted by molar-refractivity contribution is 7.15. The summed E-state index contributed by atoms with van der Waals surface area (Å²) in [4.78, 5) is 28.7. The van der Waals surface area contributed by atoms with E-state index >= 15 is 0 Å². The molecule has 1 N–H and O–H groups in total. The Kier molecular flexibility index (Phi) is 3.91. The summed E-state index contributed by atoms with van der Waals surface area (Å²) < 4.78 is 4.65. The lowest BCUT2D eigenvalue weighted by atomic mass is 10.1. The standard InChI is InChI=1S/C13H12N2O3S/c1-8-7-14-13(19-8)15-11(16)9-5-3-4-6-10(9)12(17)18-2/h3-7H,1-2H3,(H,14,15,16). The third kappa shape index (κ3) is 2.97. The summed E-state index contributed by atoms with van der Waals surface area (Å²) in [6, 6.07) is 6.49. The van der Waals surface area contributed by atoms with Crippen molar-refractivity contribution in [2.75, 3.05) is 12.4 Å². The lowest BCUT2D eigenvalue weighted by molar-refractivity contribution is 0.0597. The number of carbonyl (C=O) groups excluding carboxylic acids is 2. The third-order valence-corrected chi connectivity index (χ3v) is 3.25. The Morgan fingerprint density at radius 3 is 2.53 bits per heavy atom. The van der Waals surface area contributed by atoms with Gasteiger partial charge >= 0.3 is 5.97 Å². The molecule has 1 heterocycles. The zero-order chi connectivity index (χ0) is 13.8. The summed E-state index contributed by atoms with van der Waals surface area (Å²) in [6.07, 6.45) is 1.67. The fourth-order valence-electron chi connectivity index (χ4n) is 1.55. The Morgan fingerprint density at radius 2 is 1.95 bits per heavy atom. The number of hydrogen-bond acceptors (Lipinski definition) is 5. The van der Waals surface area contributed by atoms with Crippen LogP contribution in [0, 0.1) is 6.92 Å². The highest BCUT2D eigenvalue weighted by atomic mass is 32.1. The molecule has 0 unspecified atom stereocenters. The molecule has 0 saturated carbocycles. The van der Waals surface area contributed by atoms with Crippen LogP contribution in [0.2, 0.25) is 0 Å². The molecule has 1 aromatic carbocycles. The molecule has 1 amide bonds. The van der Waals surface area contributed by atoms with E-state index in [9.17, 15) is 9.59 Å². The van der Waals surface area contributed by atoms with Crippen LogP contribution in [0.5, 0.6) is 0 Å². The summed E-state index contributed by atoms with van der Waals surface area (Å²) in [6.45, 7) is 1.90. The van der Waals surface area contributed by atoms with Gasteiger partial charge in [-0.2, -0.15) is 0 Å². The van der Waals surface area contributed by atoms with E-state index in [0.717, 1.165) is 4.88 Å². The number of thiazole rings is 1. The number of amides is 1. The van der Waals surface area contributed by atoms with Crippen LogP contribution in [0.4, 0.5) is 5.13 Å². The van der Waals surface area contributed by atoms with Crippen molar-refractivity contribution in [3.8, 4) is 0 Å². The number of anilines is 1. The first-order valence-corrected chi connectivity index (χ1v) is 6.34. The number of ether oxygens (including phenoxy) is 1. The number of aromatic nitrogens is 1. The van der Waals surface area contributed by atoms with Crippen LogP contribution in [0.25, 0.3) is 0 Å². The number of hydrogen-bond donors (Lipinski definition) is 1. The molecule has 1 aromatic heterocycles. The van der Waals surface area contributed by atoms with Crippen molar-refractivity contribution in [3.63, 3.8) is 0 Å². The summed E-state index contributed by atoms with van der Waals surface area (Å²) in [5, 5.41) is 3.16. The lowest BCUT2D eigenvalue weighted by Gasteiger charge is -2.06. The molecule has 98 valence electrons. The maximum absolute atomic E-state index is 12.1. The van der Waals surface area contributed by atoms with Crippen molar-refractivity contribution in [3.05, 3.63) is 46.5 Å². The largest absolute Gasteiger partial charge is 0.465 e. The predicted octanol–water partition coefficient (Wildman–Crippen LogP) is 2.49. The van der Waals surface area contributed by atoms with E-state index in [4.69, 9.17) is 0 Å². The smallest absolute Gasteiger partial charge is 0.338 e. The third-order valence-electron chi connectivity index (χ3n) is 2.42. The van der Waals surface area contributed by atoms with Gasteiger partial charge in [0.25, 0.3) is 5.91 Å². The van der Waals surface area contributed by atoms with Crippen molar-refractivity contribution < 1.29 is 14.3 Å². The Bertz CT molecular complexity index is 622. The number of benzene rings is 1. The van der Waals surface area contributed by atoms with E-state index in [1.54, 1.807) is 30.5 Å². The zero-order valence-electron chi connectivity index (χ0n) is 10.5. The van der Waals surface area contributed by atoms with Crippen LogP contribution >= 0.6 is 11.3 Å². The molecule has 5 nitrogen and oxygen atoms in total. The predicted molar refractivity (Wildman–Crippen MR) is 72.6 cm³/mol. The number of nitrogens with one attached hydrogen (secondary N) is 1. The second kappa shape index (κ2) is 5.62. The first-order chi connectivity index (χ1) is 9.11. The molecule has 0 aliphatic rings. The molecule has 0 fully saturated rings. The van der Waals surface area contributed by atoms with Crippen molar-refractivity contribution in [2.45, 2.75) is 6.92 Å². The Balaban J connectivity index is 2.26. The van der Waals surface area contributed by atoms with Gasteiger partial charge in [0.15, 0.2) is 5.13 Å². The van der Waals surface area contributed by atoms with Gasteiger partial charge in [0.1, 0.15) is 0 Å². The zero-order valence-corrected chi connectivity index (χ0v) is 11.3. The van der Waals surface area contributed by atoms with Crippen LogP contribution in [-0.4, -0.2) is 24.0 Å². The molecule has 6 heteroatoms. The molecule has 0 atom stereocenters. The van der Waals surface area contributed by atoms with Gasteiger partial charge in [0.2, 0.25) is 0 Å². The molecule has 0 radical (unpaired) electrons. The van der Waals surface area contributed by atoms with Crippen LogP contribution in [0.1, 0.15) is 25.6 Å². The number of rotatable bonds is 3. The minimum atomic E-state index is -0.541. The monoisotopic (exact) mass is 276 g/mol. The van der Waals surface area contributed by atoms with E-state index in [1.165, 1.54) is 18.4 Å². The van der Waals surface area contributed by atoms with Crippen molar-refractivity contribution >= 4 is 28.3 Å². The van der Waals surface area contributed by atoms with Gasteiger partial charge in [-0.3, -0.25) is 10.1 Å². The van der Waals surface area contributed by atoms with Gasteiger partial charge in [-0.15, -0.1) is 11.3 Å². The summed E-state index contributed by atoms with van der Waals surface area (Å²) in [5.74, 6) is -0.920. The van der Waals surface area contributed by atoms with E-state index in [-0.39, 0.29) is 17.0 Å². The second-order valence-corrected chi connectivity index (χ2v) is 5.00. The van der Waals surface area contributed by atoms with E-state index in [0.29, 0.717) is 5.13 Å². The molecule has 0 aliphatic carbocycles. The fourth-order valence-corrected chi connectivity index (χ4v) is 2.21. The molecule has 19 heavy (non-hydrogen) atoms. The van der Waals surface area contributed by atoms with E-state index in [1.807, 2.05) is 6.92 Å². The number of nitrogens with zero attached hydrogens (tertiary/aromatic N) is 1. The molecule has 0 bridgehead atoms. The molecular formula is C13H12N2O3S. The molecule has 0 aliphatic heterocycles. The van der Waals surface area contributed by atoms with Crippen molar-refractivity contribution in [1.82, 2.24) is 4.98 Å². The lowest BCUT2D eigenvalue weighted by Crippen LogP contribution is -2.16. The van der Waals surface area contributed by atoms with Gasteiger partial charge < -0.3 is 4.74 Å². The van der Waals surface area contributed by atoms with Gasteiger partial charge in [0, 0.05) is 11.1 Å². The van der Waals surface area contributed by atoms with Crippen LogP contribution in [0.3, 0.4) is 0 Å². The number of aryl methyl sites for hydroxylation is 1. The maximum atomic E-state index is 12.1. The van der Waals surface area contributed by atoms with Crippen LogP contribution in [0.15, 0.2) is 30.5 Å². The molecule has 2 rings (SSSR count). The van der Waals surface area contributed by atoms with Crippen molar-refractivity contribution in [2.24, 2.45) is 0 Å². The molecule has 0 saturated heterocycles. The summed E-state index contributed by atoms with van der Waals surface area (Å²) in [7, 11) is 1.28. The Morgan fingerprint density at radius 1 is 1.26 bits per heavy atom. The molecule has 0 spiro atoms. The highest BCUT2D eigenvalue weighted by Crippen LogP contribution is 2.18. The SMILES string of the molecule is COC(=O)c1ccccc1C(=O)Nc1ncc(C)s1. The first-order valence-electron chi connectivity index (χ1n) is 5.53. The quantitative estimate of drug-likeness (QED) is 0.874. The minimum Gasteiger partial charge on any atom is -0.465 e. The fraction of sp³-hybridized carbons (Fsp3) is 0.154. The topological polar surface area (TPSA) is 68.3 Å². The molecular weight excluding hydrogens is 264 g/mol. The van der Waals surface area contributed by atoms with Gasteiger partial charge in [-0.25, -0.2) is 9.78 Å². The number of carbonyl (C=O) groups is 2. The second-order valence-electron chi connectivity index (χ2n) is 3.77. The molecule has 2 aromatic rings. The minimum absolute atomic E-state index is 0.232. The summed E-state index contributed by atoms with van der Waals surface area (Å²) >= 11 is 1.37. The Labute approximate surface area is 114 Å². The van der Waals surface area contributed by atoms with Gasteiger partial charge in [-0.05, 0) is 19.1 Å². The first kappa shape index (κ1) is 13.2. The van der Waals surface area contributed by atoms with E-state index in [2.05, 4.69) is 15.0 Å².